The van der Waals surface area contributed by atoms with Gasteiger partial charge in [0.25, 0.3) is 0 Å². The molecule has 0 saturated heterocycles. The zero-order valence-corrected chi connectivity index (χ0v) is 23.5. The molecule has 0 aliphatic rings. The van der Waals surface area contributed by atoms with Gasteiger partial charge in [-0.15, -0.1) is 0 Å². The van der Waals surface area contributed by atoms with Crippen LogP contribution in [-0.4, -0.2) is 28.3 Å². The summed E-state index contributed by atoms with van der Waals surface area (Å²) >= 11 is 0. The molecule has 0 bridgehead atoms. The van der Waals surface area contributed by atoms with Gasteiger partial charge in [-0.3, -0.25) is 15.0 Å². The first-order chi connectivity index (χ1) is 19.3. The fourth-order valence-corrected chi connectivity index (χ4v) is 4.24. The van der Waals surface area contributed by atoms with Crippen LogP contribution in [0.3, 0.4) is 0 Å². The quantitative estimate of drug-likeness (QED) is 0.0703. The number of phenolic OH excluding ortho intramolecular Hbond substituents is 1. The van der Waals surface area contributed by atoms with Gasteiger partial charge in [0.2, 0.25) is 6.41 Å². The molecule has 0 spiro atoms. The molecule has 1 amide bonds. The van der Waals surface area contributed by atoms with E-state index in [1.807, 2.05) is 81.5 Å². The molecule has 0 saturated carbocycles. The maximum Gasteiger partial charge on any atom is 0.310 e. The van der Waals surface area contributed by atoms with Crippen molar-refractivity contribution in [2.75, 3.05) is 10.3 Å². The topological polar surface area (TPSA) is 102 Å². The molecule has 3 aromatic rings. The third-order valence-corrected chi connectivity index (χ3v) is 6.44. The normalized spacial score (nSPS) is 12.8. The Hall–Kier alpha value is -4.65. The van der Waals surface area contributed by atoms with Gasteiger partial charge in [0.15, 0.2) is 0 Å². The number of amides is 1. The molecule has 1 unspecified atom stereocenters. The van der Waals surface area contributed by atoms with E-state index >= 15 is 0 Å². The van der Waals surface area contributed by atoms with Crippen molar-refractivity contribution in [3.05, 3.63) is 107 Å². The average molecular weight is 540 g/mol. The number of nitrogens with one attached hydrogen (secondary N) is 1. The van der Waals surface area contributed by atoms with Gasteiger partial charge in [-0.05, 0) is 56.0 Å². The third-order valence-electron chi connectivity index (χ3n) is 6.44. The predicted molar refractivity (Wildman–Crippen MR) is 163 cm³/mol. The number of allylic oxidation sites excluding steroid dienone is 3. The van der Waals surface area contributed by atoms with Gasteiger partial charge in [-0.2, -0.15) is 5.10 Å². The SMILES string of the molecule is CC/C=C\C(=C/C(C)C(=O)O)c1cccc(N/N=C(\CC)c2cc(C)ccc2N(C=O)Cc2ccccc2)c1O. The number of carboxylic acid groups (broad SMARTS) is 1. The van der Waals surface area contributed by atoms with E-state index in [0.29, 0.717) is 35.5 Å². The highest BCUT2D eigenvalue weighted by Crippen LogP contribution is 2.34. The summed E-state index contributed by atoms with van der Waals surface area (Å²) in [5.74, 6) is -1.71. The fraction of sp³-hybridized carbons (Fsp3) is 0.242. The summed E-state index contributed by atoms with van der Waals surface area (Å²) in [4.78, 5) is 25.3. The molecule has 3 aromatic carbocycles. The van der Waals surface area contributed by atoms with Crippen LogP contribution in [0.5, 0.6) is 5.75 Å². The minimum atomic E-state index is -0.945. The highest BCUT2D eigenvalue weighted by Gasteiger charge is 2.17. The van der Waals surface area contributed by atoms with Gasteiger partial charge < -0.3 is 15.1 Å². The van der Waals surface area contributed by atoms with E-state index in [-0.39, 0.29) is 5.75 Å². The largest absolute Gasteiger partial charge is 0.505 e. The molecule has 0 radical (unpaired) electrons. The lowest BCUT2D eigenvalue weighted by Crippen LogP contribution is -2.23. The molecule has 0 aliphatic carbocycles. The number of aromatic hydroxyl groups is 1. The highest BCUT2D eigenvalue weighted by atomic mass is 16.4. The van der Waals surface area contributed by atoms with Gasteiger partial charge in [0, 0.05) is 11.1 Å². The summed E-state index contributed by atoms with van der Waals surface area (Å²) in [6.45, 7) is 7.97. The van der Waals surface area contributed by atoms with Crippen molar-refractivity contribution >= 4 is 35.0 Å². The summed E-state index contributed by atoms with van der Waals surface area (Å²) in [5.41, 5.74) is 8.81. The Morgan fingerprint density at radius 1 is 1.05 bits per heavy atom. The standard InChI is InChI=1S/C33H37N3O4/c1-5-7-14-26(20-24(4)33(39)40)27-15-11-16-30(32(27)38)35-34-29(6-2)28-19-23(3)17-18-31(28)36(22-37)21-25-12-9-8-10-13-25/h7-20,22,24,35,38H,5-6,21H2,1-4H3,(H,39,40)/b14-7-,26-20+,34-29+. The first-order valence-electron chi connectivity index (χ1n) is 13.4. The number of benzene rings is 3. The summed E-state index contributed by atoms with van der Waals surface area (Å²) in [5, 5.41) is 25.2. The zero-order chi connectivity index (χ0) is 29.1. The molecule has 40 heavy (non-hydrogen) atoms. The molecule has 0 fully saturated rings. The number of anilines is 2. The Labute approximate surface area is 236 Å². The first-order valence-corrected chi connectivity index (χ1v) is 13.4. The van der Waals surface area contributed by atoms with E-state index in [1.54, 1.807) is 36.1 Å². The number of aryl methyl sites for hydroxylation is 1. The molecular formula is C33H37N3O4. The predicted octanol–water partition coefficient (Wildman–Crippen LogP) is 7.16. The number of rotatable bonds is 13. The second-order valence-corrected chi connectivity index (χ2v) is 9.52. The summed E-state index contributed by atoms with van der Waals surface area (Å²) in [7, 11) is 0. The summed E-state index contributed by atoms with van der Waals surface area (Å²) in [6, 6.07) is 20.9. The second-order valence-electron chi connectivity index (χ2n) is 9.52. The zero-order valence-electron chi connectivity index (χ0n) is 23.5. The molecule has 7 heteroatoms. The van der Waals surface area contributed by atoms with Crippen LogP contribution in [0.4, 0.5) is 11.4 Å². The van der Waals surface area contributed by atoms with E-state index < -0.39 is 11.9 Å². The highest BCUT2D eigenvalue weighted by molar-refractivity contribution is 6.07. The average Bonchev–Trinajstić information content (AvgIpc) is 2.96. The molecule has 7 nitrogen and oxygen atoms in total. The van der Waals surface area contributed by atoms with Crippen LogP contribution in [-0.2, 0) is 16.1 Å². The van der Waals surface area contributed by atoms with Crippen molar-refractivity contribution in [2.45, 2.75) is 47.1 Å². The number of nitrogens with zero attached hydrogens (tertiary/aromatic N) is 2. The second kappa shape index (κ2) is 14.5. The third kappa shape index (κ3) is 7.69. The van der Waals surface area contributed by atoms with Crippen LogP contribution < -0.4 is 10.3 Å². The van der Waals surface area contributed by atoms with Crippen LogP contribution in [0.1, 0.15) is 55.9 Å². The number of hydrogen-bond donors (Lipinski definition) is 3. The van der Waals surface area contributed by atoms with Gasteiger partial charge in [0.1, 0.15) is 5.75 Å². The van der Waals surface area contributed by atoms with Crippen molar-refractivity contribution < 1.29 is 19.8 Å². The number of carbonyl (C=O) groups is 2. The van der Waals surface area contributed by atoms with Crippen LogP contribution >= 0.6 is 0 Å². The Morgan fingerprint density at radius 2 is 1.80 bits per heavy atom. The maximum absolute atomic E-state index is 12.2. The Morgan fingerprint density at radius 3 is 2.45 bits per heavy atom. The van der Waals surface area contributed by atoms with Gasteiger partial charge in [0.05, 0.1) is 29.5 Å². The lowest BCUT2D eigenvalue weighted by atomic mass is 9.98. The lowest BCUT2D eigenvalue weighted by molar-refractivity contribution is -0.139. The molecule has 208 valence electrons. The van der Waals surface area contributed by atoms with E-state index in [4.69, 9.17) is 0 Å². The van der Waals surface area contributed by atoms with E-state index in [1.165, 1.54) is 0 Å². The monoisotopic (exact) mass is 539 g/mol. The van der Waals surface area contributed by atoms with E-state index in [9.17, 15) is 19.8 Å². The van der Waals surface area contributed by atoms with Crippen LogP contribution in [0, 0.1) is 12.8 Å². The van der Waals surface area contributed by atoms with Crippen molar-refractivity contribution in [3.8, 4) is 5.75 Å². The number of carbonyl (C=O) groups excluding carboxylic acids is 1. The Bertz CT molecular complexity index is 1410. The van der Waals surface area contributed by atoms with E-state index in [0.717, 1.165) is 35.2 Å². The van der Waals surface area contributed by atoms with E-state index in [2.05, 4.69) is 10.5 Å². The minimum absolute atomic E-state index is 0.0330. The molecular weight excluding hydrogens is 502 g/mol. The van der Waals surface area contributed by atoms with Crippen LogP contribution in [0.25, 0.3) is 5.57 Å². The van der Waals surface area contributed by atoms with Gasteiger partial charge >= 0.3 is 5.97 Å². The minimum Gasteiger partial charge on any atom is -0.505 e. The number of para-hydroxylation sites is 1. The lowest BCUT2D eigenvalue weighted by Gasteiger charge is -2.22. The smallest absolute Gasteiger partial charge is 0.310 e. The van der Waals surface area contributed by atoms with Crippen molar-refractivity contribution in [3.63, 3.8) is 0 Å². The summed E-state index contributed by atoms with van der Waals surface area (Å²) < 4.78 is 0. The number of carboxylic acids is 1. The molecule has 0 heterocycles. The maximum atomic E-state index is 12.2. The molecule has 1 atom stereocenters. The number of hydrogen-bond acceptors (Lipinski definition) is 5. The number of phenols is 1. The molecule has 0 aliphatic heterocycles. The molecule has 3 rings (SSSR count). The number of aliphatic carboxylic acids is 1. The van der Waals surface area contributed by atoms with Gasteiger partial charge in [-0.1, -0.05) is 86.2 Å². The van der Waals surface area contributed by atoms with Crippen LogP contribution in [0.2, 0.25) is 0 Å². The van der Waals surface area contributed by atoms with Gasteiger partial charge in [-0.25, -0.2) is 0 Å². The number of hydrazone groups is 1. The Kier molecular flexibility index (Phi) is 10.8. The van der Waals surface area contributed by atoms with Crippen LogP contribution in [0.15, 0.2) is 90.1 Å². The molecule has 0 aromatic heterocycles. The molecule has 3 N–H and O–H groups in total. The summed E-state index contributed by atoms with van der Waals surface area (Å²) in [6.07, 6.45) is 7.52. The Balaban J connectivity index is 2.00. The first kappa shape index (κ1) is 29.9. The van der Waals surface area contributed by atoms with Crippen molar-refractivity contribution in [2.24, 2.45) is 11.0 Å². The van der Waals surface area contributed by atoms with Crippen molar-refractivity contribution in [1.29, 1.82) is 0 Å². The van der Waals surface area contributed by atoms with Crippen molar-refractivity contribution in [1.82, 2.24) is 0 Å². The fourth-order valence-electron chi connectivity index (χ4n) is 4.24.